The number of nitrogen functional groups attached to an aromatic ring is 1. The Hall–Kier alpha value is -2.71. The third-order valence-corrected chi connectivity index (χ3v) is 5.60. The minimum Gasteiger partial charge on any atom is -0.384 e. The molecule has 0 spiro atoms. The summed E-state index contributed by atoms with van der Waals surface area (Å²) >= 11 is 0.666. The van der Waals surface area contributed by atoms with Crippen molar-refractivity contribution >= 4 is 28.5 Å². The lowest BCUT2D eigenvalue weighted by atomic mass is 9.97. The van der Waals surface area contributed by atoms with E-state index in [0.717, 1.165) is 23.0 Å². The van der Waals surface area contributed by atoms with Gasteiger partial charge in [0.25, 0.3) is 0 Å². The first-order valence-electron chi connectivity index (χ1n) is 8.95. The average molecular weight is 503 g/mol. The minimum atomic E-state index is -5.60. The molecule has 5 nitrogen and oxygen atoms in total. The topological polar surface area (TPSA) is 69.6 Å². The Morgan fingerprint density at radius 2 is 1.58 bits per heavy atom. The van der Waals surface area contributed by atoms with Crippen LogP contribution in [-0.2, 0) is 13.2 Å². The van der Waals surface area contributed by atoms with Crippen molar-refractivity contribution in [1.82, 2.24) is 19.5 Å². The molecular formula is C18H14F9N5S. The second-order valence-electron chi connectivity index (χ2n) is 7.06. The SMILES string of the molecule is CC(Sc1nc(N)cc(C(F)(F)F)n1)c1cc2c(C(C(F)(F)F)C(F)(F)F)cn(C)c2cn1. The lowest BCUT2D eigenvalue weighted by Gasteiger charge is -2.22. The Bertz CT molecular complexity index is 1150. The van der Waals surface area contributed by atoms with Crippen molar-refractivity contribution < 1.29 is 39.5 Å². The third-order valence-electron chi connectivity index (χ3n) is 4.61. The van der Waals surface area contributed by atoms with Crippen LogP contribution in [0.4, 0.5) is 45.3 Å². The molecule has 0 saturated carbocycles. The van der Waals surface area contributed by atoms with Gasteiger partial charge in [0.15, 0.2) is 16.8 Å². The predicted molar refractivity (Wildman–Crippen MR) is 101 cm³/mol. The van der Waals surface area contributed by atoms with E-state index in [0.29, 0.717) is 17.8 Å². The van der Waals surface area contributed by atoms with Crippen molar-refractivity contribution in [2.75, 3.05) is 5.73 Å². The number of rotatable bonds is 4. The molecule has 2 N–H and O–H groups in total. The summed E-state index contributed by atoms with van der Waals surface area (Å²) in [7, 11) is 1.27. The number of alkyl halides is 9. The summed E-state index contributed by atoms with van der Waals surface area (Å²) in [5, 5.41) is -1.55. The largest absolute Gasteiger partial charge is 0.433 e. The van der Waals surface area contributed by atoms with E-state index in [1.54, 1.807) is 0 Å². The molecule has 0 aromatic carbocycles. The molecule has 0 aliphatic carbocycles. The highest BCUT2D eigenvalue weighted by atomic mass is 32.2. The number of pyridine rings is 1. The van der Waals surface area contributed by atoms with E-state index in [2.05, 4.69) is 15.0 Å². The van der Waals surface area contributed by atoms with E-state index in [-0.39, 0.29) is 21.8 Å². The number of aryl methyl sites for hydroxylation is 1. The Labute approximate surface area is 184 Å². The van der Waals surface area contributed by atoms with Gasteiger partial charge in [0, 0.05) is 24.7 Å². The number of nitrogens with zero attached hydrogens (tertiary/aromatic N) is 4. The van der Waals surface area contributed by atoms with Crippen molar-refractivity contribution in [3.05, 3.63) is 41.5 Å². The van der Waals surface area contributed by atoms with Gasteiger partial charge in [-0.2, -0.15) is 39.5 Å². The van der Waals surface area contributed by atoms with E-state index >= 15 is 0 Å². The van der Waals surface area contributed by atoms with Crippen LogP contribution in [0.1, 0.15) is 35.0 Å². The van der Waals surface area contributed by atoms with Gasteiger partial charge in [0.05, 0.1) is 22.7 Å². The number of fused-ring (bicyclic) bond motifs is 1. The molecule has 3 heterocycles. The lowest BCUT2D eigenvalue weighted by molar-refractivity contribution is -0.253. The number of hydrogen-bond donors (Lipinski definition) is 1. The fraction of sp³-hybridized carbons (Fsp3) is 0.389. The van der Waals surface area contributed by atoms with Crippen LogP contribution in [-0.4, -0.2) is 31.9 Å². The molecule has 3 aromatic rings. The monoisotopic (exact) mass is 503 g/mol. The van der Waals surface area contributed by atoms with Gasteiger partial charge in [0.2, 0.25) is 0 Å². The summed E-state index contributed by atoms with van der Waals surface area (Å²) < 4.78 is 120. The van der Waals surface area contributed by atoms with Crippen molar-refractivity contribution in [2.45, 2.75) is 41.8 Å². The third kappa shape index (κ3) is 5.28. The Morgan fingerprint density at radius 3 is 2.12 bits per heavy atom. The van der Waals surface area contributed by atoms with Crippen LogP contribution in [0, 0.1) is 0 Å². The molecule has 1 unspecified atom stereocenters. The van der Waals surface area contributed by atoms with Gasteiger partial charge >= 0.3 is 18.5 Å². The van der Waals surface area contributed by atoms with Crippen molar-refractivity contribution in [3.63, 3.8) is 0 Å². The highest BCUT2D eigenvalue weighted by molar-refractivity contribution is 7.99. The van der Waals surface area contributed by atoms with Crippen molar-refractivity contribution in [1.29, 1.82) is 0 Å². The van der Waals surface area contributed by atoms with Gasteiger partial charge in [-0.3, -0.25) is 4.98 Å². The molecule has 0 fully saturated rings. The molecule has 0 aliphatic rings. The summed E-state index contributed by atoms with van der Waals surface area (Å²) in [6.07, 6.45) is -14.2. The van der Waals surface area contributed by atoms with E-state index in [1.807, 2.05) is 0 Å². The van der Waals surface area contributed by atoms with Crippen LogP contribution in [0.2, 0.25) is 0 Å². The van der Waals surface area contributed by atoms with Crippen molar-refractivity contribution in [3.8, 4) is 0 Å². The molecule has 3 rings (SSSR count). The number of anilines is 1. The maximum atomic E-state index is 13.3. The first-order chi connectivity index (χ1) is 15.0. The number of hydrogen-bond acceptors (Lipinski definition) is 5. The smallest absolute Gasteiger partial charge is 0.384 e. The maximum absolute atomic E-state index is 13.3. The van der Waals surface area contributed by atoms with Gasteiger partial charge in [0.1, 0.15) is 5.82 Å². The molecule has 1 atom stereocenters. The highest BCUT2D eigenvalue weighted by Gasteiger charge is 2.58. The fourth-order valence-electron chi connectivity index (χ4n) is 3.17. The zero-order chi connectivity index (χ0) is 24.9. The number of thioether (sulfide) groups is 1. The number of halogens is 9. The summed E-state index contributed by atoms with van der Waals surface area (Å²) in [4.78, 5) is 11.1. The standard InChI is InChI=1S/C18H14F9N5S/c1-7(33-15-30-12(16(19,20)21)4-13(28)31-15)10-3-8-9(6-32(2)11(8)5-29-10)14(17(22,23)24)18(25,26)27/h3-7,14H,1-2H3,(H2,28,30,31). The van der Waals surface area contributed by atoms with Crippen molar-refractivity contribution in [2.24, 2.45) is 7.05 Å². The van der Waals surface area contributed by atoms with E-state index in [1.165, 1.54) is 14.0 Å². The molecule has 0 aliphatic heterocycles. The quantitative estimate of drug-likeness (QED) is 0.268. The van der Waals surface area contributed by atoms with Crippen LogP contribution in [0.15, 0.2) is 29.7 Å². The van der Waals surface area contributed by atoms with Crippen LogP contribution in [0.5, 0.6) is 0 Å². The summed E-state index contributed by atoms with van der Waals surface area (Å²) in [5.41, 5.74) is 3.12. The summed E-state index contributed by atoms with van der Waals surface area (Å²) in [5.74, 6) is -4.18. The molecular weight excluding hydrogens is 489 g/mol. The molecule has 33 heavy (non-hydrogen) atoms. The molecule has 0 amide bonds. The Morgan fingerprint density at radius 1 is 0.970 bits per heavy atom. The van der Waals surface area contributed by atoms with Crippen LogP contribution in [0.25, 0.3) is 10.9 Å². The van der Waals surface area contributed by atoms with Crippen LogP contribution >= 0.6 is 11.8 Å². The lowest BCUT2D eigenvalue weighted by Crippen LogP contribution is -2.34. The maximum Gasteiger partial charge on any atom is 0.433 e. The molecule has 15 heteroatoms. The van der Waals surface area contributed by atoms with Crippen LogP contribution in [0.3, 0.4) is 0 Å². The normalized spacial score (nSPS) is 14.3. The fourth-order valence-corrected chi connectivity index (χ4v) is 4.05. The van der Waals surface area contributed by atoms with Gasteiger partial charge in [-0.15, -0.1) is 0 Å². The van der Waals surface area contributed by atoms with Gasteiger partial charge < -0.3 is 10.3 Å². The average Bonchev–Trinajstić information content (AvgIpc) is 2.93. The summed E-state index contributed by atoms with van der Waals surface area (Å²) in [6.45, 7) is 1.44. The first kappa shape index (κ1) is 24.9. The first-order valence-corrected chi connectivity index (χ1v) is 9.83. The highest BCUT2D eigenvalue weighted by Crippen LogP contribution is 2.49. The minimum absolute atomic E-state index is 0.0163. The second-order valence-corrected chi connectivity index (χ2v) is 8.36. The van der Waals surface area contributed by atoms with Gasteiger partial charge in [-0.05, 0) is 18.6 Å². The molecule has 0 radical (unpaired) electrons. The Balaban J connectivity index is 2.04. The van der Waals surface area contributed by atoms with Gasteiger partial charge in [-0.25, -0.2) is 9.97 Å². The molecule has 0 bridgehead atoms. The molecule has 3 aromatic heterocycles. The summed E-state index contributed by atoms with van der Waals surface area (Å²) in [6, 6.07) is 1.58. The Kier molecular flexibility index (Phi) is 6.23. The second kappa shape index (κ2) is 8.25. The zero-order valence-corrected chi connectivity index (χ0v) is 17.5. The van der Waals surface area contributed by atoms with Crippen LogP contribution < -0.4 is 5.73 Å². The zero-order valence-electron chi connectivity index (χ0n) is 16.6. The molecule has 0 saturated heterocycles. The number of aromatic nitrogens is 4. The molecule has 180 valence electrons. The number of nitrogens with two attached hydrogens (primary N) is 1. The van der Waals surface area contributed by atoms with Gasteiger partial charge in [-0.1, -0.05) is 11.8 Å². The van der Waals surface area contributed by atoms with E-state index in [4.69, 9.17) is 5.73 Å². The van der Waals surface area contributed by atoms with E-state index in [9.17, 15) is 39.5 Å². The van der Waals surface area contributed by atoms with E-state index < -0.39 is 46.8 Å². The predicted octanol–water partition coefficient (Wildman–Crippen LogP) is 6.03.